The van der Waals surface area contributed by atoms with Crippen molar-refractivity contribution < 1.29 is 9.21 Å². The zero-order valence-corrected chi connectivity index (χ0v) is 17.7. The fourth-order valence-electron chi connectivity index (χ4n) is 3.40. The van der Waals surface area contributed by atoms with Crippen molar-refractivity contribution in [2.75, 3.05) is 11.4 Å². The van der Waals surface area contributed by atoms with Gasteiger partial charge in [-0.15, -0.1) is 0 Å². The van der Waals surface area contributed by atoms with Gasteiger partial charge in [-0.2, -0.15) is 0 Å². The number of aryl methyl sites for hydroxylation is 4. The van der Waals surface area contributed by atoms with Crippen LogP contribution in [0.25, 0.3) is 10.2 Å². The molecule has 0 saturated heterocycles. The first kappa shape index (κ1) is 19.4. The molecule has 4 aromatic rings. The van der Waals surface area contributed by atoms with E-state index in [2.05, 4.69) is 24.0 Å². The highest BCUT2D eigenvalue weighted by molar-refractivity contribution is 7.22. The van der Waals surface area contributed by atoms with E-state index in [0.29, 0.717) is 17.9 Å². The second kappa shape index (κ2) is 8.21. The van der Waals surface area contributed by atoms with Gasteiger partial charge in [0.25, 0.3) is 5.91 Å². The molecule has 29 heavy (non-hydrogen) atoms. The fourth-order valence-corrected chi connectivity index (χ4v) is 4.45. The smallest absolute Gasteiger partial charge is 0.263 e. The van der Waals surface area contributed by atoms with E-state index in [0.717, 1.165) is 40.5 Å². The Bertz CT molecular complexity index is 1130. The Labute approximate surface area is 173 Å². The first-order valence-corrected chi connectivity index (χ1v) is 10.6. The molecule has 0 saturated carbocycles. The molecule has 0 fully saturated rings. The summed E-state index contributed by atoms with van der Waals surface area (Å²) in [5.41, 5.74) is 2.79. The number of carbonyl (C=O) groups excluding carboxylic acids is 1. The van der Waals surface area contributed by atoms with Crippen LogP contribution in [0, 0.1) is 13.8 Å². The number of imidazole rings is 1. The summed E-state index contributed by atoms with van der Waals surface area (Å²) in [5.74, 6) is 1.31. The molecule has 1 aromatic carbocycles. The van der Waals surface area contributed by atoms with Gasteiger partial charge < -0.3 is 8.98 Å². The Morgan fingerprint density at radius 1 is 1.28 bits per heavy atom. The number of nitrogens with zero attached hydrogens (tertiary/aromatic N) is 4. The first-order valence-electron chi connectivity index (χ1n) is 9.79. The lowest BCUT2D eigenvalue weighted by Crippen LogP contribution is -2.32. The number of aromatic nitrogens is 3. The van der Waals surface area contributed by atoms with Gasteiger partial charge in [-0.3, -0.25) is 9.69 Å². The lowest BCUT2D eigenvalue weighted by Gasteiger charge is -2.19. The van der Waals surface area contributed by atoms with Gasteiger partial charge in [0.1, 0.15) is 11.5 Å². The van der Waals surface area contributed by atoms with Crippen LogP contribution >= 0.6 is 11.3 Å². The zero-order chi connectivity index (χ0) is 20.4. The van der Waals surface area contributed by atoms with Crippen molar-refractivity contribution in [1.82, 2.24) is 14.5 Å². The van der Waals surface area contributed by atoms with E-state index in [1.807, 2.05) is 36.7 Å². The second-order valence-corrected chi connectivity index (χ2v) is 8.10. The van der Waals surface area contributed by atoms with Crippen LogP contribution in [0.5, 0.6) is 0 Å². The number of benzene rings is 1. The van der Waals surface area contributed by atoms with E-state index in [-0.39, 0.29) is 5.91 Å². The van der Waals surface area contributed by atoms with Crippen molar-refractivity contribution in [3.63, 3.8) is 0 Å². The molecular weight excluding hydrogens is 384 g/mol. The van der Waals surface area contributed by atoms with Crippen LogP contribution in [-0.4, -0.2) is 27.0 Å². The summed E-state index contributed by atoms with van der Waals surface area (Å²) in [6, 6.07) is 8.11. The predicted octanol–water partition coefficient (Wildman–Crippen LogP) is 5.00. The van der Waals surface area contributed by atoms with Gasteiger partial charge in [-0.25, -0.2) is 9.97 Å². The third-order valence-corrected chi connectivity index (χ3v) is 6.00. The molecule has 6 nitrogen and oxygen atoms in total. The highest BCUT2D eigenvalue weighted by Crippen LogP contribution is 2.31. The molecule has 0 radical (unpaired) electrons. The molecule has 7 heteroatoms. The van der Waals surface area contributed by atoms with Crippen LogP contribution in [0.15, 0.2) is 47.4 Å². The third-order valence-electron chi connectivity index (χ3n) is 4.95. The molecule has 150 valence electrons. The van der Waals surface area contributed by atoms with Crippen molar-refractivity contribution in [1.29, 1.82) is 0 Å². The predicted molar refractivity (Wildman–Crippen MR) is 116 cm³/mol. The van der Waals surface area contributed by atoms with Gasteiger partial charge in [0, 0.05) is 25.5 Å². The lowest BCUT2D eigenvalue weighted by atomic mass is 10.2. The average molecular weight is 409 g/mol. The van der Waals surface area contributed by atoms with Crippen LogP contribution < -0.4 is 4.90 Å². The van der Waals surface area contributed by atoms with Crippen molar-refractivity contribution in [3.05, 3.63) is 65.6 Å². The van der Waals surface area contributed by atoms with Crippen LogP contribution in [0.3, 0.4) is 0 Å². The molecule has 0 aliphatic heterocycles. The molecule has 0 bridgehead atoms. The number of fused-ring (bicyclic) bond motifs is 1. The maximum atomic E-state index is 13.4. The van der Waals surface area contributed by atoms with Crippen LogP contribution in [0.1, 0.15) is 40.8 Å². The SMILES string of the molecule is CCc1ccc2nc(N(CCCn3ccnc3)C(=O)c3cc(C)oc3C)sc2c1. The molecule has 3 aromatic heterocycles. The van der Waals surface area contributed by atoms with Crippen molar-refractivity contribution in [2.24, 2.45) is 0 Å². The van der Waals surface area contributed by atoms with E-state index in [1.165, 1.54) is 5.56 Å². The maximum Gasteiger partial charge on any atom is 0.263 e. The Balaban J connectivity index is 1.65. The summed E-state index contributed by atoms with van der Waals surface area (Å²) in [6.07, 6.45) is 7.26. The fraction of sp³-hybridized carbons (Fsp3) is 0.318. The van der Waals surface area contributed by atoms with E-state index in [4.69, 9.17) is 9.40 Å². The van der Waals surface area contributed by atoms with Gasteiger partial charge in [-0.05, 0) is 50.5 Å². The normalized spacial score (nSPS) is 11.3. The summed E-state index contributed by atoms with van der Waals surface area (Å²) in [7, 11) is 0. The minimum Gasteiger partial charge on any atom is -0.466 e. The number of thiazole rings is 1. The summed E-state index contributed by atoms with van der Waals surface area (Å²) in [5, 5.41) is 0.724. The average Bonchev–Trinajstić information content (AvgIpc) is 3.43. The lowest BCUT2D eigenvalue weighted by molar-refractivity contribution is 0.0985. The second-order valence-electron chi connectivity index (χ2n) is 7.09. The van der Waals surface area contributed by atoms with Crippen LogP contribution in [0.4, 0.5) is 5.13 Å². The summed E-state index contributed by atoms with van der Waals surface area (Å²) < 4.78 is 8.72. The zero-order valence-electron chi connectivity index (χ0n) is 16.9. The topological polar surface area (TPSA) is 64.2 Å². The number of rotatable bonds is 7. The molecule has 4 rings (SSSR count). The van der Waals surface area contributed by atoms with E-state index >= 15 is 0 Å². The molecule has 0 aliphatic rings. The Kier molecular flexibility index (Phi) is 5.49. The summed E-state index contributed by atoms with van der Waals surface area (Å²) in [4.78, 5) is 24.0. The maximum absolute atomic E-state index is 13.4. The number of hydrogen-bond acceptors (Lipinski definition) is 5. The molecule has 0 atom stereocenters. The van der Waals surface area contributed by atoms with Gasteiger partial charge in [0.2, 0.25) is 0 Å². The number of anilines is 1. The first-order chi connectivity index (χ1) is 14.0. The van der Waals surface area contributed by atoms with Crippen LogP contribution in [0.2, 0.25) is 0 Å². The molecular formula is C22H24N4O2S. The van der Waals surface area contributed by atoms with E-state index < -0.39 is 0 Å². The van der Waals surface area contributed by atoms with Gasteiger partial charge in [0.15, 0.2) is 5.13 Å². The molecule has 0 unspecified atom stereocenters. The van der Waals surface area contributed by atoms with E-state index in [9.17, 15) is 4.79 Å². The minimum atomic E-state index is -0.0697. The van der Waals surface area contributed by atoms with Crippen molar-refractivity contribution in [2.45, 2.75) is 40.2 Å². The Morgan fingerprint density at radius 3 is 2.83 bits per heavy atom. The number of hydrogen-bond donors (Lipinski definition) is 0. The minimum absolute atomic E-state index is 0.0697. The quantitative estimate of drug-likeness (QED) is 0.432. The Morgan fingerprint density at radius 2 is 2.14 bits per heavy atom. The molecule has 0 spiro atoms. The van der Waals surface area contributed by atoms with Gasteiger partial charge in [0.05, 0.1) is 22.1 Å². The molecule has 0 N–H and O–H groups in total. The number of amides is 1. The number of carbonyl (C=O) groups is 1. The highest BCUT2D eigenvalue weighted by atomic mass is 32.1. The van der Waals surface area contributed by atoms with Gasteiger partial charge >= 0.3 is 0 Å². The van der Waals surface area contributed by atoms with E-state index in [1.54, 1.807) is 28.8 Å². The highest BCUT2D eigenvalue weighted by Gasteiger charge is 2.24. The van der Waals surface area contributed by atoms with Crippen LogP contribution in [-0.2, 0) is 13.0 Å². The largest absolute Gasteiger partial charge is 0.466 e. The molecule has 1 amide bonds. The third kappa shape index (κ3) is 4.10. The summed E-state index contributed by atoms with van der Waals surface area (Å²) >= 11 is 1.56. The summed E-state index contributed by atoms with van der Waals surface area (Å²) in [6.45, 7) is 7.19. The van der Waals surface area contributed by atoms with Crippen molar-refractivity contribution >= 4 is 32.6 Å². The molecule has 0 aliphatic carbocycles. The molecule has 3 heterocycles. The van der Waals surface area contributed by atoms with Crippen molar-refractivity contribution in [3.8, 4) is 0 Å². The monoisotopic (exact) mass is 408 g/mol. The number of furan rings is 1. The van der Waals surface area contributed by atoms with Gasteiger partial charge in [-0.1, -0.05) is 24.3 Å². The Hall–Kier alpha value is -2.93. The standard InChI is InChI=1S/C22H24N4O2S/c1-4-17-6-7-19-20(13-17)29-22(24-19)26(10-5-9-25-11-8-23-14-25)21(27)18-12-15(2)28-16(18)3/h6-8,11-14H,4-5,9-10H2,1-3H3.